The van der Waals surface area contributed by atoms with Crippen LogP contribution in [-0.2, 0) is 9.59 Å². The lowest BCUT2D eigenvalue weighted by atomic mass is 9.75. The van der Waals surface area contributed by atoms with E-state index >= 15 is 0 Å². The highest BCUT2D eigenvalue weighted by atomic mass is 19.1. The van der Waals surface area contributed by atoms with Gasteiger partial charge < -0.3 is 10.2 Å². The molecular weight excluding hydrogens is 271 g/mol. The molecule has 0 aromatic heterocycles. The van der Waals surface area contributed by atoms with Gasteiger partial charge in [-0.05, 0) is 32.1 Å². The van der Waals surface area contributed by atoms with Crippen LogP contribution in [0.3, 0.4) is 0 Å². The third kappa shape index (κ3) is 2.25. The third-order valence-electron chi connectivity index (χ3n) is 5.60. The van der Waals surface area contributed by atoms with Gasteiger partial charge in [-0.25, -0.2) is 0 Å². The zero-order valence-corrected chi connectivity index (χ0v) is 12.6. The highest BCUT2D eigenvalue weighted by molar-refractivity contribution is 6.02. The molecule has 0 radical (unpaired) electrons. The molecule has 21 heavy (non-hydrogen) atoms. The Bertz CT molecular complexity index is 426. The van der Waals surface area contributed by atoms with E-state index in [-0.39, 0.29) is 11.8 Å². The van der Waals surface area contributed by atoms with Crippen LogP contribution in [0.5, 0.6) is 0 Å². The van der Waals surface area contributed by atoms with Crippen molar-refractivity contribution < 1.29 is 14.0 Å². The van der Waals surface area contributed by atoms with Gasteiger partial charge in [-0.15, -0.1) is 0 Å². The Labute approximate surface area is 125 Å². The van der Waals surface area contributed by atoms with Crippen LogP contribution < -0.4 is 5.32 Å². The van der Waals surface area contributed by atoms with Gasteiger partial charge in [0.05, 0.1) is 6.67 Å². The first-order chi connectivity index (χ1) is 10.1. The van der Waals surface area contributed by atoms with Crippen LogP contribution >= 0.6 is 0 Å². The molecular formula is C16H25FN2O2. The van der Waals surface area contributed by atoms with Gasteiger partial charge in [-0.2, -0.15) is 0 Å². The van der Waals surface area contributed by atoms with Crippen molar-refractivity contribution in [3.8, 4) is 0 Å². The summed E-state index contributed by atoms with van der Waals surface area (Å²) >= 11 is 0. The first-order valence-electron chi connectivity index (χ1n) is 8.35. The zero-order chi connectivity index (χ0) is 14.9. The van der Waals surface area contributed by atoms with Crippen molar-refractivity contribution in [2.75, 3.05) is 13.2 Å². The second-order valence-electron chi connectivity index (χ2n) is 6.83. The van der Waals surface area contributed by atoms with Crippen molar-refractivity contribution in [2.45, 2.75) is 75.3 Å². The lowest BCUT2D eigenvalue weighted by Gasteiger charge is -2.53. The molecule has 4 nitrogen and oxygen atoms in total. The van der Waals surface area contributed by atoms with Crippen molar-refractivity contribution in [3.05, 3.63) is 0 Å². The van der Waals surface area contributed by atoms with Crippen molar-refractivity contribution in [1.82, 2.24) is 10.2 Å². The van der Waals surface area contributed by atoms with E-state index in [2.05, 4.69) is 5.32 Å². The number of alkyl halides is 1. The Balaban J connectivity index is 1.92. The number of piperazine rings is 1. The third-order valence-corrected chi connectivity index (χ3v) is 5.60. The largest absolute Gasteiger partial charge is 0.340 e. The fourth-order valence-corrected chi connectivity index (χ4v) is 4.45. The summed E-state index contributed by atoms with van der Waals surface area (Å²) in [6, 6.07) is 0. The molecule has 2 spiro atoms. The lowest BCUT2D eigenvalue weighted by molar-refractivity contribution is -0.165. The van der Waals surface area contributed by atoms with Crippen LogP contribution in [0.25, 0.3) is 0 Å². The van der Waals surface area contributed by atoms with E-state index in [0.717, 1.165) is 57.8 Å². The minimum absolute atomic E-state index is 0.0163. The van der Waals surface area contributed by atoms with Gasteiger partial charge in [-0.3, -0.25) is 14.0 Å². The predicted octanol–water partition coefficient (Wildman–Crippen LogP) is 2.32. The Morgan fingerprint density at radius 3 is 2.24 bits per heavy atom. The van der Waals surface area contributed by atoms with Crippen molar-refractivity contribution >= 4 is 11.8 Å². The van der Waals surface area contributed by atoms with Gasteiger partial charge in [0, 0.05) is 6.54 Å². The van der Waals surface area contributed by atoms with Crippen LogP contribution in [0.15, 0.2) is 0 Å². The summed E-state index contributed by atoms with van der Waals surface area (Å²) in [6.45, 7) is -0.0566. The molecule has 118 valence electrons. The molecule has 3 fully saturated rings. The Morgan fingerprint density at radius 1 is 1.00 bits per heavy atom. The van der Waals surface area contributed by atoms with Gasteiger partial charge in [0.25, 0.3) is 0 Å². The van der Waals surface area contributed by atoms with E-state index in [1.54, 1.807) is 4.90 Å². The van der Waals surface area contributed by atoms with Crippen LogP contribution in [-0.4, -0.2) is 41.0 Å². The number of rotatable bonds is 3. The van der Waals surface area contributed by atoms with Crippen molar-refractivity contribution in [1.29, 1.82) is 0 Å². The molecule has 3 rings (SSSR count). The standard InChI is InChI=1S/C16H25FN2O2/c17-11-6-12-19-14(21)15(7-4-5-8-15)18-13(20)16(19)9-2-1-3-10-16/h1-12H2,(H,18,20). The van der Waals surface area contributed by atoms with Crippen LogP contribution in [0.2, 0.25) is 0 Å². The molecule has 0 atom stereocenters. The Hall–Kier alpha value is -1.13. The van der Waals surface area contributed by atoms with Gasteiger partial charge in [-0.1, -0.05) is 32.1 Å². The number of carbonyl (C=O) groups is 2. The SMILES string of the molecule is O=C1N(CCCF)C2(CCCCC2)C(=O)NC12CCCC2. The smallest absolute Gasteiger partial charge is 0.249 e. The summed E-state index contributed by atoms with van der Waals surface area (Å²) in [4.78, 5) is 27.7. The molecule has 5 heteroatoms. The number of amides is 2. The molecule has 1 aliphatic heterocycles. The van der Waals surface area contributed by atoms with Gasteiger partial charge in [0.1, 0.15) is 11.1 Å². The first kappa shape index (κ1) is 14.8. The minimum atomic E-state index is -0.696. The number of carbonyl (C=O) groups excluding carboxylic acids is 2. The molecule has 2 amide bonds. The average molecular weight is 296 g/mol. The zero-order valence-electron chi connectivity index (χ0n) is 12.6. The van der Waals surface area contributed by atoms with Crippen molar-refractivity contribution in [2.24, 2.45) is 0 Å². The second kappa shape index (κ2) is 5.58. The Kier molecular flexibility index (Phi) is 3.93. The maximum atomic E-state index is 13.1. The van der Waals surface area contributed by atoms with Crippen LogP contribution in [0.1, 0.15) is 64.2 Å². The van der Waals surface area contributed by atoms with E-state index in [4.69, 9.17) is 0 Å². The fraction of sp³-hybridized carbons (Fsp3) is 0.875. The van der Waals surface area contributed by atoms with Crippen LogP contribution in [0.4, 0.5) is 4.39 Å². The fourth-order valence-electron chi connectivity index (χ4n) is 4.45. The van der Waals surface area contributed by atoms with E-state index in [1.165, 1.54) is 0 Å². The topological polar surface area (TPSA) is 49.4 Å². The maximum Gasteiger partial charge on any atom is 0.249 e. The van der Waals surface area contributed by atoms with Gasteiger partial charge in [0.2, 0.25) is 11.8 Å². The van der Waals surface area contributed by atoms with E-state index in [9.17, 15) is 14.0 Å². The normalized spacial score (nSPS) is 27.4. The molecule has 1 N–H and O–H groups in total. The monoisotopic (exact) mass is 296 g/mol. The number of nitrogens with one attached hydrogen (secondary N) is 1. The molecule has 1 heterocycles. The molecule has 0 bridgehead atoms. The second-order valence-corrected chi connectivity index (χ2v) is 6.83. The number of halogens is 1. The van der Waals surface area contributed by atoms with Crippen molar-refractivity contribution in [3.63, 3.8) is 0 Å². The summed E-state index contributed by atoms with van der Waals surface area (Å²) < 4.78 is 12.7. The lowest BCUT2D eigenvalue weighted by Crippen LogP contribution is -2.75. The van der Waals surface area contributed by atoms with Gasteiger partial charge >= 0.3 is 0 Å². The first-order valence-corrected chi connectivity index (χ1v) is 8.35. The summed E-state index contributed by atoms with van der Waals surface area (Å²) in [7, 11) is 0. The number of hydrogen-bond donors (Lipinski definition) is 1. The number of hydrogen-bond acceptors (Lipinski definition) is 2. The molecule has 0 unspecified atom stereocenters. The molecule has 2 saturated carbocycles. The molecule has 2 aliphatic carbocycles. The van der Waals surface area contributed by atoms with Gasteiger partial charge in [0.15, 0.2) is 0 Å². The summed E-state index contributed by atoms with van der Waals surface area (Å²) in [6.07, 6.45) is 8.28. The maximum absolute atomic E-state index is 13.1. The molecule has 3 aliphatic rings. The number of nitrogens with zero attached hydrogens (tertiary/aromatic N) is 1. The summed E-state index contributed by atoms with van der Waals surface area (Å²) in [5.41, 5.74) is -1.38. The molecule has 1 saturated heterocycles. The average Bonchev–Trinajstić information content (AvgIpc) is 2.96. The highest BCUT2D eigenvalue weighted by Crippen LogP contribution is 2.43. The van der Waals surface area contributed by atoms with E-state index in [0.29, 0.717) is 13.0 Å². The minimum Gasteiger partial charge on any atom is -0.340 e. The molecule has 0 aromatic carbocycles. The summed E-state index contributed by atoms with van der Waals surface area (Å²) in [5, 5.41) is 3.08. The van der Waals surface area contributed by atoms with E-state index in [1.807, 2.05) is 0 Å². The summed E-state index contributed by atoms with van der Waals surface area (Å²) in [5.74, 6) is 0.0671. The molecule has 0 aromatic rings. The van der Waals surface area contributed by atoms with E-state index < -0.39 is 17.8 Å². The Morgan fingerprint density at radius 2 is 1.62 bits per heavy atom. The predicted molar refractivity (Wildman–Crippen MR) is 77.5 cm³/mol. The highest BCUT2D eigenvalue weighted by Gasteiger charge is 2.58. The quantitative estimate of drug-likeness (QED) is 0.869. The van der Waals surface area contributed by atoms with Crippen LogP contribution in [0, 0.1) is 0 Å².